The zero-order valence-electron chi connectivity index (χ0n) is 19.1. The molecule has 10 nitrogen and oxygen atoms in total. The monoisotopic (exact) mass is 476 g/mol. The summed E-state index contributed by atoms with van der Waals surface area (Å²) in [7, 11) is 0. The Morgan fingerprint density at radius 3 is 2.49 bits per heavy atom. The summed E-state index contributed by atoms with van der Waals surface area (Å²) in [6.45, 7) is 0.199. The number of aromatic hydroxyl groups is 1. The number of H-pyrrole nitrogens is 1. The summed E-state index contributed by atoms with van der Waals surface area (Å²) in [6.07, 6.45) is 3.73. The Balaban J connectivity index is 1.58. The molecule has 1 aliphatic rings. The average molecular weight is 477 g/mol. The molecule has 0 unspecified atom stereocenters. The summed E-state index contributed by atoms with van der Waals surface area (Å²) in [5, 5.41) is 12.4. The third-order valence-electron chi connectivity index (χ3n) is 6.18. The van der Waals surface area contributed by atoms with E-state index in [-0.39, 0.29) is 25.1 Å². The lowest BCUT2D eigenvalue weighted by Crippen LogP contribution is -2.59. The summed E-state index contributed by atoms with van der Waals surface area (Å²) in [4.78, 5) is 47.3. The van der Waals surface area contributed by atoms with Gasteiger partial charge in [0.25, 0.3) is 0 Å². The molecule has 182 valence electrons. The van der Waals surface area contributed by atoms with Gasteiger partial charge in [-0.05, 0) is 28.8 Å². The Bertz CT molecular complexity index is 1190. The Hall–Kier alpha value is -4.18. The normalized spacial score (nSPS) is 16.7. The van der Waals surface area contributed by atoms with Crippen LogP contribution in [0.1, 0.15) is 22.4 Å². The van der Waals surface area contributed by atoms with Gasteiger partial charge in [-0.25, -0.2) is 4.98 Å². The highest BCUT2D eigenvalue weighted by molar-refractivity contribution is 5.93. The molecule has 2 aromatic carbocycles. The first kappa shape index (κ1) is 24.0. The van der Waals surface area contributed by atoms with Crippen molar-refractivity contribution in [1.82, 2.24) is 20.2 Å². The zero-order valence-corrected chi connectivity index (χ0v) is 19.1. The van der Waals surface area contributed by atoms with Crippen LogP contribution in [-0.2, 0) is 40.2 Å². The van der Waals surface area contributed by atoms with Gasteiger partial charge in [0.05, 0.1) is 12.4 Å². The van der Waals surface area contributed by atoms with Gasteiger partial charge in [-0.15, -0.1) is 0 Å². The number of fused-ring (bicyclic) bond motifs is 1. The summed E-state index contributed by atoms with van der Waals surface area (Å²) in [5.74, 6) is -1.47. The first-order chi connectivity index (χ1) is 16.8. The standard InChI is InChI=1S/C25H28N6O4/c26-20(11-18-12-28-14-29-18)24(34)30-21(9-15-5-7-19(32)8-6-15)25(35)31-13-17-4-2-1-3-16(17)10-22(31)23(27)33/h1-8,12,14,20-22,32H,9-11,13,26H2,(H2,27,33)(H,28,29)(H,30,34)/t20-,21-,22-/m0/s1. The number of aromatic amines is 1. The van der Waals surface area contributed by atoms with E-state index in [1.165, 1.54) is 23.4 Å². The number of nitrogens with one attached hydrogen (secondary N) is 2. The molecule has 10 heteroatoms. The van der Waals surface area contributed by atoms with Gasteiger partial charge in [-0.2, -0.15) is 0 Å². The molecule has 0 aliphatic carbocycles. The second kappa shape index (κ2) is 10.4. The predicted octanol–water partition coefficient (Wildman–Crippen LogP) is 0.151. The largest absolute Gasteiger partial charge is 0.508 e. The second-order valence-corrected chi connectivity index (χ2v) is 8.68. The number of hydrogen-bond donors (Lipinski definition) is 5. The third-order valence-corrected chi connectivity index (χ3v) is 6.18. The van der Waals surface area contributed by atoms with Gasteiger partial charge in [-0.1, -0.05) is 36.4 Å². The number of hydrogen-bond acceptors (Lipinski definition) is 6. The van der Waals surface area contributed by atoms with Crippen molar-refractivity contribution < 1.29 is 19.5 Å². The van der Waals surface area contributed by atoms with E-state index in [4.69, 9.17) is 11.5 Å². The Labute approximate surface area is 202 Å². The number of rotatable bonds is 8. The van der Waals surface area contributed by atoms with Crippen LogP contribution in [-0.4, -0.2) is 55.8 Å². The van der Waals surface area contributed by atoms with Crippen molar-refractivity contribution in [2.45, 2.75) is 43.9 Å². The van der Waals surface area contributed by atoms with Crippen molar-refractivity contribution in [3.8, 4) is 5.75 Å². The van der Waals surface area contributed by atoms with Crippen LogP contribution < -0.4 is 16.8 Å². The van der Waals surface area contributed by atoms with E-state index in [0.29, 0.717) is 12.1 Å². The molecule has 2 heterocycles. The molecule has 0 fully saturated rings. The van der Waals surface area contributed by atoms with Crippen molar-refractivity contribution in [1.29, 1.82) is 0 Å². The fourth-order valence-corrected chi connectivity index (χ4v) is 4.28. The van der Waals surface area contributed by atoms with Gasteiger partial charge in [0, 0.05) is 37.7 Å². The van der Waals surface area contributed by atoms with Gasteiger partial charge in [0.15, 0.2) is 0 Å². The molecular weight excluding hydrogens is 448 g/mol. The van der Waals surface area contributed by atoms with Gasteiger partial charge in [0.1, 0.15) is 17.8 Å². The summed E-state index contributed by atoms with van der Waals surface area (Å²) >= 11 is 0. The number of benzene rings is 2. The first-order valence-electron chi connectivity index (χ1n) is 11.3. The number of primary amides is 1. The molecule has 3 atom stereocenters. The SMILES string of the molecule is NC(=O)[C@@H]1Cc2ccccc2CN1C(=O)[C@H](Cc1ccc(O)cc1)NC(=O)[C@@H](N)Cc1cnc[nH]1. The van der Waals surface area contributed by atoms with E-state index in [1.807, 2.05) is 24.3 Å². The average Bonchev–Trinajstić information content (AvgIpc) is 3.36. The second-order valence-electron chi connectivity index (χ2n) is 8.68. The molecule has 0 saturated heterocycles. The summed E-state index contributed by atoms with van der Waals surface area (Å²) < 4.78 is 0. The lowest BCUT2D eigenvalue weighted by molar-refractivity contribution is -0.143. The lowest BCUT2D eigenvalue weighted by atomic mass is 9.92. The molecule has 7 N–H and O–H groups in total. The summed E-state index contributed by atoms with van der Waals surface area (Å²) in [6, 6.07) is 11.2. The number of carbonyl (C=O) groups excluding carboxylic acids is 3. The smallest absolute Gasteiger partial charge is 0.246 e. The zero-order chi connectivity index (χ0) is 24.9. The predicted molar refractivity (Wildman–Crippen MR) is 128 cm³/mol. The first-order valence-corrected chi connectivity index (χ1v) is 11.3. The fraction of sp³-hybridized carbons (Fsp3) is 0.280. The van der Waals surface area contributed by atoms with Crippen LogP contribution in [0.4, 0.5) is 0 Å². The number of phenols is 1. The topological polar surface area (TPSA) is 167 Å². The van der Waals surface area contributed by atoms with Crippen LogP contribution in [0.25, 0.3) is 0 Å². The van der Waals surface area contributed by atoms with E-state index < -0.39 is 35.8 Å². The highest BCUT2D eigenvalue weighted by atomic mass is 16.3. The van der Waals surface area contributed by atoms with Gasteiger partial charge < -0.3 is 31.8 Å². The highest BCUT2D eigenvalue weighted by Crippen LogP contribution is 2.24. The van der Waals surface area contributed by atoms with Crippen molar-refractivity contribution >= 4 is 17.7 Å². The molecule has 3 amide bonds. The van der Waals surface area contributed by atoms with Crippen LogP contribution in [0.5, 0.6) is 5.75 Å². The molecule has 0 radical (unpaired) electrons. The van der Waals surface area contributed by atoms with Crippen LogP contribution in [0.3, 0.4) is 0 Å². The van der Waals surface area contributed by atoms with Gasteiger partial charge in [-0.3, -0.25) is 14.4 Å². The van der Waals surface area contributed by atoms with E-state index in [9.17, 15) is 19.5 Å². The van der Waals surface area contributed by atoms with Crippen molar-refractivity contribution in [3.05, 3.63) is 83.4 Å². The minimum atomic E-state index is -0.994. The van der Waals surface area contributed by atoms with Crippen LogP contribution >= 0.6 is 0 Å². The maximum absolute atomic E-state index is 13.8. The number of nitrogens with zero attached hydrogens (tertiary/aromatic N) is 2. The summed E-state index contributed by atoms with van der Waals surface area (Å²) in [5.41, 5.74) is 15.1. The molecule has 1 aromatic heterocycles. The molecular formula is C25H28N6O4. The quantitative estimate of drug-likeness (QED) is 0.310. The number of aromatic nitrogens is 2. The van der Waals surface area contributed by atoms with Crippen LogP contribution in [0.2, 0.25) is 0 Å². The Kier molecular flexibility index (Phi) is 7.11. The maximum Gasteiger partial charge on any atom is 0.246 e. The molecule has 35 heavy (non-hydrogen) atoms. The van der Waals surface area contributed by atoms with Gasteiger partial charge in [0.2, 0.25) is 17.7 Å². The maximum atomic E-state index is 13.8. The fourth-order valence-electron chi connectivity index (χ4n) is 4.28. The van der Waals surface area contributed by atoms with E-state index in [1.54, 1.807) is 18.3 Å². The Morgan fingerprint density at radius 1 is 1.11 bits per heavy atom. The van der Waals surface area contributed by atoms with Crippen molar-refractivity contribution in [3.63, 3.8) is 0 Å². The highest BCUT2D eigenvalue weighted by Gasteiger charge is 2.37. The Morgan fingerprint density at radius 2 is 1.83 bits per heavy atom. The van der Waals surface area contributed by atoms with Crippen molar-refractivity contribution in [2.75, 3.05) is 0 Å². The third kappa shape index (κ3) is 5.67. The van der Waals surface area contributed by atoms with Crippen LogP contribution in [0.15, 0.2) is 61.1 Å². The van der Waals surface area contributed by atoms with Gasteiger partial charge >= 0.3 is 0 Å². The minimum absolute atomic E-state index is 0.0867. The molecule has 0 saturated carbocycles. The molecule has 3 aromatic rings. The molecule has 4 rings (SSSR count). The minimum Gasteiger partial charge on any atom is -0.508 e. The number of nitrogens with two attached hydrogens (primary N) is 2. The lowest BCUT2D eigenvalue weighted by Gasteiger charge is -2.37. The van der Waals surface area contributed by atoms with Crippen LogP contribution in [0, 0.1) is 0 Å². The van der Waals surface area contributed by atoms with E-state index in [2.05, 4.69) is 15.3 Å². The van der Waals surface area contributed by atoms with E-state index >= 15 is 0 Å². The number of phenolic OH excluding ortho intramolecular Hbond substituents is 1. The number of amides is 3. The number of carbonyl (C=O) groups is 3. The van der Waals surface area contributed by atoms with E-state index in [0.717, 1.165) is 16.7 Å². The molecule has 0 bridgehead atoms. The number of imidazole rings is 1. The molecule has 0 spiro atoms. The van der Waals surface area contributed by atoms with Crippen molar-refractivity contribution in [2.24, 2.45) is 11.5 Å². The molecule has 1 aliphatic heterocycles.